The fourth-order valence-corrected chi connectivity index (χ4v) is 4.04. The molecule has 1 amide bonds. The minimum atomic E-state index is 0.0312. The molecule has 0 spiro atoms. The molecule has 32 heavy (non-hydrogen) atoms. The van der Waals surface area contributed by atoms with Gasteiger partial charge in [-0.15, -0.1) is 0 Å². The van der Waals surface area contributed by atoms with Crippen molar-refractivity contribution in [2.75, 3.05) is 65.9 Å². The molecule has 0 saturated heterocycles. The van der Waals surface area contributed by atoms with E-state index in [0.717, 1.165) is 50.6 Å². The van der Waals surface area contributed by atoms with Crippen LogP contribution in [0.4, 0.5) is 5.69 Å². The summed E-state index contributed by atoms with van der Waals surface area (Å²) in [5, 5.41) is 3.98. The van der Waals surface area contributed by atoms with Gasteiger partial charge in [0.15, 0.2) is 0 Å². The third kappa shape index (κ3) is 6.90. The third-order valence-corrected chi connectivity index (χ3v) is 6.08. The molecule has 0 unspecified atom stereocenters. The van der Waals surface area contributed by atoms with Crippen molar-refractivity contribution in [1.29, 1.82) is 0 Å². The van der Waals surface area contributed by atoms with Crippen molar-refractivity contribution in [2.45, 2.75) is 19.5 Å². The zero-order chi connectivity index (χ0) is 22.9. The van der Waals surface area contributed by atoms with Gasteiger partial charge in [0.2, 0.25) is 5.91 Å². The molecule has 1 aromatic heterocycles. The molecule has 0 fully saturated rings. The molecule has 3 rings (SSSR count). The van der Waals surface area contributed by atoms with Gasteiger partial charge in [-0.25, -0.2) is 0 Å². The number of anilines is 1. The Morgan fingerprint density at radius 2 is 2.09 bits per heavy atom. The highest BCUT2D eigenvalue weighted by molar-refractivity contribution is 6.31. The highest BCUT2D eigenvalue weighted by Crippen LogP contribution is 2.26. The Kier molecular flexibility index (Phi) is 9.29. The number of nitrogens with one attached hydrogen (secondary N) is 1. The van der Waals surface area contributed by atoms with Crippen LogP contribution in [-0.2, 0) is 29.0 Å². The number of hydrogen-bond donors (Lipinski definition) is 1. The first-order valence-corrected chi connectivity index (χ1v) is 11.4. The molecular weight excluding hydrogens is 426 g/mol. The first-order chi connectivity index (χ1) is 15.5. The van der Waals surface area contributed by atoms with Crippen molar-refractivity contribution < 1.29 is 9.53 Å². The van der Waals surface area contributed by atoms with E-state index in [1.807, 2.05) is 25.1 Å². The van der Waals surface area contributed by atoms with Crippen molar-refractivity contribution in [3.05, 3.63) is 58.4 Å². The Hall–Kier alpha value is -2.19. The van der Waals surface area contributed by atoms with Crippen LogP contribution in [0.2, 0.25) is 5.02 Å². The Bertz CT molecular complexity index is 892. The number of likely N-dealkylation sites (N-methyl/N-ethyl adjacent to an activating group) is 1. The quantitative estimate of drug-likeness (QED) is 0.557. The van der Waals surface area contributed by atoms with Gasteiger partial charge in [0.1, 0.15) is 0 Å². The van der Waals surface area contributed by atoms with E-state index in [-0.39, 0.29) is 12.5 Å². The number of benzene rings is 1. The second kappa shape index (κ2) is 12.2. The molecule has 0 saturated carbocycles. The number of carbonyl (C=O) groups is 1. The van der Waals surface area contributed by atoms with Crippen LogP contribution in [0.3, 0.4) is 0 Å². The summed E-state index contributed by atoms with van der Waals surface area (Å²) in [6.45, 7) is 5.60. The zero-order valence-corrected chi connectivity index (χ0v) is 20.1. The molecule has 0 bridgehead atoms. The number of pyridine rings is 1. The van der Waals surface area contributed by atoms with E-state index < -0.39 is 0 Å². The summed E-state index contributed by atoms with van der Waals surface area (Å²) in [5.74, 6) is 0.0312. The largest absolute Gasteiger partial charge is 0.383 e. The zero-order valence-electron chi connectivity index (χ0n) is 19.3. The molecule has 2 aromatic rings. The maximum Gasteiger partial charge on any atom is 0.242 e. The number of hydrogen-bond acceptors (Lipinski definition) is 6. The molecule has 1 aliphatic heterocycles. The SMILES string of the molecule is COCCN1CCc2c(cccc2NCC(=O)N(CCN(C)C)Cc2ncccc2Cl)C1. The van der Waals surface area contributed by atoms with Crippen molar-refractivity contribution in [2.24, 2.45) is 0 Å². The first kappa shape index (κ1) is 24.5. The summed E-state index contributed by atoms with van der Waals surface area (Å²) in [6.07, 6.45) is 2.67. The first-order valence-electron chi connectivity index (χ1n) is 11.1. The summed E-state index contributed by atoms with van der Waals surface area (Å²) >= 11 is 6.29. The second-order valence-electron chi connectivity index (χ2n) is 8.37. The summed E-state index contributed by atoms with van der Waals surface area (Å²) in [4.78, 5) is 23.8. The van der Waals surface area contributed by atoms with Crippen molar-refractivity contribution in [1.82, 2.24) is 19.7 Å². The molecule has 0 aliphatic carbocycles. The van der Waals surface area contributed by atoms with Crippen LogP contribution in [-0.4, -0.2) is 86.1 Å². The standard InChI is InChI=1S/C24H34ClN5O2/c1-28(2)12-13-30(18-23-21(25)7-5-10-26-23)24(31)16-27-22-8-4-6-19-17-29(14-15-32-3)11-9-20(19)22/h4-8,10,27H,9,11-18H2,1-3H3. The van der Waals surface area contributed by atoms with Crippen LogP contribution in [0.1, 0.15) is 16.8 Å². The maximum atomic E-state index is 13.1. The van der Waals surface area contributed by atoms with E-state index in [4.69, 9.17) is 16.3 Å². The molecule has 8 heteroatoms. The summed E-state index contributed by atoms with van der Waals surface area (Å²) < 4.78 is 5.22. The van der Waals surface area contributed by atoms with Gasteiger partial charge in [0.25, 0.3) is 0 Å². The van der Waals surface area contributed by atoms with Gasteiger partial charge in [-0.3, -0.25) is 14.7 Å². The molecule has 1 aromatic carbocycles. The van der Waals surface area contributed by atoms with E-state index in [2.05, 4.69) is 38.3 Å². The topological polar surface area (TPSA) is 60.9 Å². The van der Waals surface area contributed by atoms with Crippen molar-refractivity contribution >= 4 is 23.2 Å². The van der Waals surface area contributed by atoms with Crippen LogP contribution in [0.25, 0.3) is 0 Å². The van der Waals surface area contributed by atoms with Crippen LogP contribution in [0.15, 0.2) is 36.5 Å². The Labute approximate surface area is 196 Å². The minimum absolute atomic E-state index is 0.0312. The summed E-state index contributed by atoms with van der Waals surface area (Å²) in [7, 11) is 5.74. The molecule has 7 nitrogen and oxygen atoms in total. The molecule has 2 heterocycles. The molecule has 1 N–H and O–H groups in total. The molecule has 1 aliphatic rings. The predicted octanol–water partition coefficient (Wildman–Crippen LogP) is 2.74. The van der Waals surface area contributed by atoms with Gasteiger partial charge in [-0.05, 0) is 49.8 Å². The maximum absolute atomic E-state index is 13.1. The number of carbonyl (C=O) groups excluding carboxylic acids is 1. The fraction of sp³-hybridized carbons (Fsp3) is 0.500. The second-order valence-corrected chi connectivity index (χ2v) is 8.77. The normalized spacial score (nSPS) is 13.8. The monoisotopic (exact) mass is 459 g/mol. The number of fused-ring (bicyclic) bond motifs is 1. The smallest absolute Gasteiger partial charge is 0.242 e. The van der Waals surface area contributed by atoms with Gasteiger partial charge in [0.05, 0.1) is 30.4 Å². The van der Waals surface area contributed by atoms with Crippen molar-refractivity contribution in [3.63, 3.8) is 0 Å². The lowest BCUT2D eigenvalue weighted by molar-refractivity contribution is -0.130. The van der Waals surface area contributed by atoms with Crippen LogP contribution < -0.4 is 5.32 Å². The number of nitrogens with zero attached hydrogens (tertiary/aromatic N) is 4. The van der Waals surface area contributed by atoms with E-state index in [1.165, 1.54) is 11.1 Å². The number of ether oxygens (including phenoxy) is 1. The lowest BCUT2D eigenvalue weighted by Gasteiger charge is -2.30. The lowest BCUT2D eigenvalue weighted by atomic mass is 9.97. The Balaban J connectivity index is 1.65. The number of aromatic nitrogens is 1. The average Bonchev–Trinajstić information content (AvgIpc) is 2.79. The number of amides is 1. The predicted molar refractivity (Wildman–Crippen MR) is 129 cm³/mol. The van der Waals surface area contributed by atoms with Gasteiger partial charge in [-0.1, -0.05) is 23.7 Å². The van der Waals surface area contributed by atoms with Gasteiger partial charge in [0, 0.05) is 51.7 Å². The van der Waals surface area contributed by atoms with Crippen LogP contribution in [0, 0.1) is 0 Å². The van der Waals surface area contributed by atoms with E-state index in [0.29, 0.717) is 18.1 Å². The van der Waals surface area contributed by atoms with Gasteiger partial charge < -0.3 is 19.9 Å². The Morgan fingerprint density at radius 1 is 1.25 bits per heavy atom. The molecule has 0 radical (unpaired) electrons. The Morgan fingerprint density at radius 3 is 2.84 bits per heavy atom. The van der Waals surface area contributed by atoms with Gasteiger partial charge >= 0.3 is 0 Å². The van der Waals surface area contributed by atoms with Crippen LogP contribution >= 0.6 is 11.6 Å². The number of rotatable bonds is 11. The van der Waals surface area contributed by atoms with E-state index in [1.54, 1.807) is 19.4 Å². The minimum Gasteiger partial charge on any atom is -0.383 e. The van der Waals surface area contributed by atoms with E-state index in [9.17, 15) is 4.79 Å². The average molecular weight is 460 g/mol. The van der Waals surface area contributed by atoms with Crippen LogP contribution in [0.5, 0.6) is 0 Å². The lowest BCUT2D eigenvalue weighted by Crippen LogP contribution is -2.40. The highest BCUT2D eigenvalue weighted by Gasteiger charge is 2.20. The number of methoxy groups -OCH3 is 1. The summed E-state index contributed by atoms with van der Waals surface area (Å²) in [6, 6.07) is 9.91. The summed E-state index contributed by atoms with van der Waals surface area (Å²) in [5.41, 5.74) is 4.39. The van der Waals surface area contributed by atoms with E-state index >= 15 is 0 Å². The molecular formula is C24H34ClN5O2. The van der Waals surface area contributed by atoms with Crippen molar-refractivity contribution in [3.8, 4) is 0 Å². The fourth-order valence-electron chi connectivity index (χ4n) is 3.86. The van der Waals surface area contributed by atoms with Gasteiger partial charge in [-0.2, -0.15) is 0 Å². The molecule has 174 valence electrons. The third-order valence-electron chi connectivity index (χ3n) is 5.73. The molecule has 0 atom stereocenters. The number of halogens is 1. The highest BCUT2D eigenvalue weighted by atomic mass is 35.5.